The Bertz CT molecular complexity index is 647. The maximum absolute atomic E-state index is 14.0. The molecule has 0 aliphatic rings. The van der Waals surface area contributed by atoms with Crippen LogP contribution in [0, 0.1) is 5.82 Å². The fourth-order valence-corrected chi connectivity index (χ4v) is 1.84. The summed E-state index contributed by atoms with van der Waals surface area (Å²) in [5.74, 6) is -0.429. The summed E-state index contributed by atoms with van der Waals surface area (Å²) in [5, 5.41) is -0.196. The molecule has 20 heavy (non-hydrogen) atoms. The van der Waals surface area contributed by atoms with Crippen molar-refractivity contribution < 1.29 is 9.13 Å². The maximum Gasteiger partial charge on any atom is 0.188 e. The monoisotopic (exact) mass is 295 g/mol. The Hall–Kier alpha value is -2.14. The first-order valence-corrected chi connectivity index (χ1v) is 6.26. The number of rotatable bonds is 3. The molecule has 0 amide bonds. The number of halogens is 2. The summed E-state index contributed by atoms with van der Waals surface area (Å²) in [5.41, 5.74) is 12.4. The van der Waals surface area contributed by atoms with Gasteiger partial charge in [-0.15, -0.1) is 0 Å². The van der Waals surface area contributed by atoms with E-state index in [1.165, 1.54) is 6.07 Å². The Morgan fingerprint density at radius 3 is 2.50 bits per heavy atom. The Balaban J connectivity index is 2.40. The zero-order chi connectivity index (χ0) is 14.9. The lowest BCUT2D eigenvalue weighted by molar-refractivity contribution is 0.445. The Kier molecular flexibility index (Phi) is 3.90. The van der Waals surface area contributed by atoms with Crippen molar-refractivity contribution in [1.82, 2.24) is 0 Å². The molecule has 106 valence electrons. The van der Waals surface area contributed by atoms with Crippen LogP contribution < -0.4 is 21.1 Å². The van der Waals surface area contributed by atoms with Crippen molar-refractivity contribution in [3.8, 4) is 11.5 Å². The zero-order valence-corrected chi connectivity index (χ0v) is 11.9. The maximum atomic E-state index is 14.0. The van der Waals surface area contributed by atoms with Crippen molar-refractivity contribution in [3.63, 3.8) is 0 Å². The van der Waals surface area contributed by atoms with Crippen molar-refractivity contribution >= 4 is 28.7 Å². The molecule has 0 fully saturated rings. The largest absolute Gasteiger partial charge is 0.452 e. The minimum absolute atomic E-state index is 0.0797. The topological polar surface area (TPSA) is 64.5 Å². The summed E-state index contributed by atoms with van der Waals surface area (Å²) in [6.45, 7) is 0. The number of nitrogens with two attached hydrogens (primary N) is 2. The van der Waals surface area contributed by atoms with Crippen LogP contribution in [0.15, 0.2) is 30.3 Å². The molecule has 0 aliphatic heterocycles. The molecule has 6 heteroatoms. The van der Waals surface area contributed by atoms with Crippen LogP contribution in [0.5, 0.6) is 11.5 Å². The van der Waals surface area contributed by atoms with E-state index >= 15 is 0 Å². The molecule has 0 atom stereocenters. The van der Waals surface area contributed by atoms with E-state index in [9.17, 15) is 4.39 Å². The highest BCUT2D eigenvalue weighted by atomic mass is 35.5. The van der Waals surface area contributed by atoms with Gasteiger partial charge < -0.3 is 21.1 Å². The molecular weight excluding hydrogens is 281 g/mol. The molecule has 0 saturated heterocycles. The molecule has 0 saturated carbocycles. The van der Waals surface area contributed by atoms with Crippen LogP contribution in [-0.4, -0.2) is 14.1 Å². The van der Waals surface area contributed by atoms with E-state index in [2.05, 4.69) is 0 Å². The number of nitrogen functional groups attached to an aromatic ring is 2. The number of benzene rings is 2. The molecular formula is C14H15ClFN3O. The predicted molar refractivity (Wildman–Crippen MR) is 81.1 cm³/mol. The summed E-state index contributed by atoms with van der Waals surface area (Å²) >= 11 is 5.76. The smallest absolute Gasteiger partial charge is 0.188 e. The molecule has 4 nitrogen and oxygen atoms in total. The lowest BCUT2D eigenvalue weighted by Crippen LogP contribution is -2.08. The summed E-state index contributed by atoms with van der Waals surface area (Å²) in [7, 11) is 3.79. The zero-order valence-electron chi connectivity index (χ0n) is 11.2. The Morgan fingerprint density at radius 2 is 1.85 bits per heavy atom. The number of anilines is 3. The van der Waals surface area contributed by atoms with E-state index in [1.54, 1.807) is 18.2 Å². The normalized spacial score (nSPS) is 10.4. The second-order valence-corrected chi connectivity index (χ2v) is 4.88. The van der Waals surface area contributed by atoms with Crippen LogP contribution in [0.3, 0.4) is 0 Å². The van der Waals surface area contributed by atoms with Gasteiger partial charge in [-0.25, -0.2) is 4.39 Å². The van der Waals surface area contributed by atoms with Gasteiger partial charge in [-0.2, -0.15) is 0 Å². The molecule has 0 aliphatic carbocycles. The summed E-state index contributed by atoms with van der Waals surface area (Å²) in [6, 6.07) is 8.55. The fraction of sp³-hybridized carbons (Fsp3) is 0.143. The minimum atomic E-state index is -0.764. The van der Waals surface area contributed by atoms with Crippen LogP contribution in [0.25, 0.3) is 0 Å². The van der Waals surface area contributed by atoms with Crippen molar-refractivity contribution in [3.05, 3.63) is 41.2 Å². The highest BCUT2D eigenvalue weighted by Crippen LogP contribution is 2.38. The molecule has 0 unspecified atom stereocenters. The average molecular weight is 296 g/mol. The quantitative estimate of drug-likeness (QED) is 0.851. The number of nitrogens with zero attached hydrogens (tertiary/aromatic N) is 1. The van der Waals surface area contributed by atoms with Gasteiger partial charge in [-0.1, -0.05) is 17.7 Å². The number of hydrogen-bond acceptors (Lipinski definition) is 4. The first-order valence-electron chi connectivity index (χ1n) is 5.88. The van der Waals surface area contributed by atoms with Gasteiger partial charge in [-0.05, 0) is 18.2 Å². The summed E-state index contributed by atoms with van der Waals surface area (Å²) in [4.78, 5) is 1.91. The Labute approximate surface area is 121 Å². The SMILES string of the molecule is CN(C)c1cccc(Oc2c(N)cc(N)c(Cl)c2F)c1. The molecule has 0 spiro atoms. The summed E-state index contributed by atoms with van der Waals surface area (Å²) < 4.78 is 19.5. The third-order valence-electron chi connectivity index (χ3n) is 2.77. The highest BCUT2D eigenvalue weighted by molar-refractivity contribution is 6.33. The molecule has 0 heterocycles. The van der Waals surface area contributed by atoms with Gasteiger partial charge in [0.1, 0.15) is 10.8 Å². The fourth-order valence-electron chi connectivity index (χ4n) is 1.70. The highest BCUT2D eigenvalue weighted by Gasteiger charge is 2.16. The molecule has 4 N–H and O–H groups in total. The predicted octanol–water partition coefficient (Wildman–Crippen LogP) is 3.50. The molecule has 2 aromatic carbocycles. The molecule has 0 bridgehead atoms. The van der Waals surface area contributed by atoms with Gasteiger partial charge in [0.05, 0.1) is 11.4 Å². The summed E-state index contributed by atoms with van der Waals surface area (Å²) in [6.07, 6.45) is 0. The first-order chi connectivity index (χ1) is 9.40. The first kappa shape index (κ1) is 14.3. The average Bonchev–Trinajstić information content (AvgIpc) is 2.41. The van der Waals surface area contributed by atoms with Gasteiger partial charge in [0.15, 0.2) is 11.6 Å². The van der Waals surface area contributed by atoms with Crippen molar-refractivity contribution in [2.75, 3.05) is 30.5 Å². The van der Waals surface area contributed by atoms with Gasteiger partial charge in [-0.3, -0.25) is 0 Å². The van der Waals surface area contributed by atoms with Crippen LogP contribution in [-0.2, 0) is 0 Å². The standard InChI is InChI=1S/C14H15ClFN3O/c1-19(2)8-4-3-5-9(6-8)20-14-11(18)7-10(17)12(15)13(14)16/h3-7H,17-18H2,1-2H3. The number of hydrogen-bond donors (Lipinski definition) is 2. The van der Waals surface area contributed by atoms with Crippen LogP contribution in [0.4, 0.5) is 21.5 Å². The second-order valence-electron chi connectivity index (χ2n) is 4.51. The van der Waals surface area contributed by atoms with Gasteiger partial charge in [0, 0.05) is 25.8 Å². The van der Waals surface area contributed by atoms with E-state index in [1.807, 2.05) is 25.1 Å². The van der Waals surface area contributed by atoms with Crippen LogP contribution in [0.2, 0.25) is 5.02 Å². The van der Waals surface area contributed by atoms with Gasteiger partial charge >= 0.3 is 0 Å². The van der Waals surface area contributed by atoms with Gasteiger partial charge in [0.2, 0.25) is 0 Å². The molecule has 2 aromatic rings. The molecule has 0 aromatic heterocycles. The lowest BCUT2D eigenvalue weighted by atomic mass is 10.2. The van der Waals surface area contributed by atoms with Crippen molar-refractivity contribution in [2.45, 2.75) is 0 Å². The van der Waals surface area contributed by atoms with Crippen molar-refractivity contribution in [1.29, 1.82) is 0 Å². The lowest BCUT2D eigenvalue weighted by Gasteiger charge is -2.15. The van der Waals surface area contributed by atoms with Crippen LogP contribution in [0.1, 0.15) is 0 Å². The molecule has 0 radical (unpaired) electrons. The second kappa shape index (κ2) is 5.46. The third-order valence-corrected chi connectivity index (χ3v) is 3.16. The third kappa shape index (κ3) is 2.72. The van der Waals surface area contributed by atoms with E-state index in [4.69, 9.17) is 27.8 Å². The van der Waals surface area contributed by atoms with E-state index in [0.717, 1.165) is 5.69 Å². The van der Waals surface area contributed by atoms with E-state index in [0.29, 0.717) is 5.75 Å². The van der Waals surface area contributed by atoms with E-state index in [-0.39, 0.29) is 22.1 Å². The number of ether oxygens (including phenoxy) is 1. The van der Waals surface area contributed by atoms with Crippen molar-refractivity contribution in [2.24, 2.45) is 0 Å². The molecule has 2 rings (SSSR count). The van der Waals surface area contributed by atoms with Crippen LogP contribution >= 0.6 is 11.6 Å². The van der Waals surface area contributed by atoms with Gasteiger partial charge in [0.25, 0.3) is 0 Å². The van der Waals surface area contributed by atoms with E-state index < -0.39 is 5.82 Å². The Morgan fingerprint density at radius 1 is 1.15 bits per heavy atom. The minimum Gasteiger partial charge on any atom is -0.452 e.